The molecule has 0 unspecified atom stereocenters. The van der Waals surface area contributed by atoms with Crippen LogP contribution in [-0.4, -0.2) is 40.6 Å². The molecule has 27 heavy (non-hydrogen) atoms. The summed E-state index contributed by atoms with van der Waals surface area (Å²) in [6.45, 7) is 1.62. The maximum atomic E-state index is 13.1. The van der Waals surface area contributed by atoms with Crippen molar-refractivity contribution in [2.24, 2.45) is 0 Å². The molecule has 0 radical (unpaired) electrons. The summed E-state index contributed by atoms with van der Waals surface area (Å²) in [4.78, 5) is 12.5. The summed E-state index contributed by atoms with van der Waals surface area (Å²) in [5, 5.41) is 3.18. The van der Waals surface area contributed by atoms with Crippen LogP contribution < -0.4 is 9.62 Å². The molecule has 6 nitrogen and oxygen atoms in total. The van der Waals surface area contributed by atoms with Crippen LogP contribution in [0, 0.1) is 0 Å². The predicted octanol–water partition coefficient (Wildman–Crippen LogP) is 3.34. The number of nitrogens with zero attached hydrogens (tertiary/aromatic N) is 1. The molecule has 9 heteroatoms. The van der Waals surface area contributed by atoms with Crippen LogP contribution in [0.15, 0.2) is 53.4 Å². The first-order chi connectivity index (χ1) is 12.8. The third-order valence-electron chi connectivity index (χ3n) is 3.62. The molecule has 0 aliphatic carbocycles. The number of methoxy groups -OCH3 is 1. The van der Waals surface area contributed by atoms with Crippen molar-refractivity contribution in [3.8, 4) is 0 Å². The first-order valence-corrected chi connectivity index (χ1v) is 10.3. The van der Waals surface area contributed by atoms with Gasteiger partial charge in [-0.15, -0.1) is 0 Å². The molecule has 0 bridgehead atoms. The van der Waals surface area contributed by atoms with Crippen LogP contribution in [0.2, 0.25) is 10.0 Å². The molecule has 1 amide bonds. The van der Waals surface area contributed by atoms with Crippen molar-refractivity contribution >= 4 is 44.8 Å². The van der Waals surface area contributed by atoms with E-state index in [1.807, 2.05) is 0 Å². The van der Waals surface area contributed by atoms with Gasteiger partial charge in [-0.3, -0.25) is 9.10 Å². The van der Waals surface area contributed by atoms with Crippen LogP contribution >= 0.6 is 23.2 Å². The number of anilines is 1. The van der Waals surface area contributed by atoms with Crippen LogP contribution in [0.5, 0.6) is 0 Å². The minimum Gasteiger partial charge on any atom is -0.383 e. The molecule has 0 saturated carbocycles. The summed E-state index contributed by atoms with van der Waals surface area (Å²) in [6.07, 6.45) is 0. The van der Waals surface area contributed by atoms with E-state index < -0.39 is 22.5 Å². The Bertz CT molecular complexity index is 891. The molecule has 2 rings (SSSR count). The number of amides is 1. The number of halogens is 2. The van der Waals surface area contributed by atoms with E-state index in [1.165, 1.54) is 37.4 Å². The monoisotopic (exact) mass is 430 g/mol. The summed E-state index contributed by atoms with van der Waals surface area (Å²) in [6, 6.07) is 12.0. The standard InChI is InChI=1S/C18H20Cl2N2O4S/c1-13(12-26-2)21-18(23)11-22(17-9-8-14(19)10-16(17)20)27(24,25)15-6-4-3-5-7-15/h3-10,13H,11-12H2,1-2H3,(H,21,23)/t13-/m0/s1. The zero-order valence-corrected chi connectivity index (χ0v) is 17.2. The molecule has 146 valence electrons. The third kappa shape index (κ3) is 5.59. The van der Waals surface area contributed by atoms with E-state index in [1.54, 1.807) is 25.1 Å². The largest absolute Gasteiger partial charge is 0.383 e. The van der Waals surface area contributed by atoms with Crippen LogP contribution in [0.1, 0.15) is 6.92 Å². The first kappa shape index (κ1) is 21.5. The second-order valence-electron chi connectivity index (χ2n) is 5.84. The second-order valence-corrected chi connectivity index (χ2v) is 8.55. The topological polar surface area (TPSA) is 75.7 Å². The van der Waals surface area contributed by atoms with Gasteiger partial charge in [0.05, 0.1) is 22.2 Å². The smallest absolute Gasteiger partial charge is 0.264 e. The fraction of sp³-hybridized carbons (Fsp3) is 0.278. The molecule has 2 aromatic rings. The van der Waals surface area contributed by atoms with Crippen molar-refractivity contribution in [2.45, 2.75) is 17.9 Å². The number of rotatable bonds is 8. The van der Waals surface area contributed by atoms with Gasteiger partial charge in [0.1, 0.15) is 6.54 Å². The molecule has 0 aliphatic heterocycles. The summed E-state index contributed by atoms with van der Waals surface area (Å²) >= 11 is 12.1. The van der Waals surface area contributed by atoms with Crippen LogP contribution in [-0.2, 0) is 19.6 Å². The number of ether oxygens (including phenoxy) is 1. The van der Waals surface area contributed by atoms with Gasteiger partial charge in [-0.2, -0.15) is 0 Å². The van der Waals surface area contributed by atoms with Gasteiger partial charge in [0.2, 0.25) is 5.91 Å². The van der Waals surface area contributed by atoms with Crippen molar-refractivity contribution in [3.05, 3.63) is 58.6 Å². The fourth-order valence-corrected chi connectivity index (χ4v) is 4.47. The zero-order valence-electron chi connectivity index (χ0n) is 14.9. The number of sulfonamides is 1. The highest BCUT2D eigenvalue weighted by molar-refractivity contribution is 7.92. The van der Waals surface area contributed by atoms with Crippen molar-refractivity contribution < 1.29 is 17.9 Å². The van der Waals surface area contributed by atoms with Gasteiger partial charge >= 0.3 is 0 Å². The van der Waals surface area contributed by atoms with E-state index in [4.69, 9.17) is 27.9 Å². The highest BCUT2D eigenvalue weighted by atomic mass is 35.5. The van der Waals surface area contributed by atoms with Crippen molar-refractivity contribution in [3.63, 3.8) is 0 Å². The van der Waals surface area contributed by atoms with Crippen molar-refractivity contribution in [1.29, 1.82) is 0 Å². The van der Waals surface area contributed by atoms with E-state index in [0.29, 0.717) is 11.6 Å². The van der Waals surface area contributed by atoms with Crippen LogP contribution in [0.4, 0.5) is 5.69 Å². The number of hydrogen-bond acceptors (Lipinski definition) is 4. The maximum Gasteiger partial charge on any atom is 0.264 e. The van der Waals surface area contributed by atoms with Crippen LogP contribution in [0.3, 0.4) is 0 Å². The Hall–Kier alpha value is -1.80. The predicted molar refractivity (Wildman–Crippen MR) is 107 cm³/mol. The van der Waals surface area contributed by atoms with E-state index in [9.17, 15) is 13.2 Å². The van der Waals surface area contributed by atoms with Crippen molar-refractivity contribution in [2.75, 3.05) is 24.6 Å². The lowest BCUT2D eigenvalue weighted by molar-refractivity contribution is -0.120. The van der Waals surface area contributed by atoms with Gasteiger partial charge < -0.3 is 10.1 Å². The third-order valence-corrected chi connectivity index (χ3v) is 5.93. The van der Waals surface area contributed by atoms with Gasteiger partial charge in [-0.05, 0) is 37.3 Å². The maximum absolute atomic E-state index is 13.1. The Morgan fingerprint density at radius 2 is 1.85 bits per heavy atom. The van der Waals surface area contributed by atoms with Crippen LogP contribution in [0.25, 0.3) is 0 Å². The summed E-state index contributed by atoms with van der Waals surface area (Å²) in [5.41, 5.74) is 0.166. The lowest BCUT2D eigenvalue weighted by atomic mass is 10.3. The Balaban J connectivity index is 2.42. The molecule has 2 aromatic carbocycles. The van der Waals surface area contributed by atoms with Gasteiger partial charge in [-0.1, -0.05) is 41.4 Å². The minimum atomic E-state index is -4.02. The SMILES string of the molecule is COC[C@H](C)NC(=O)CN(c1ccc(Cl)cc1Cl)S(=O)(=O)c1ccccc1. The molecule has 0 fully saturated rings. The number of carbonyl (C=O) groups excluding carboxylic acids is 1. The highest BCUT2D eigenvalue weighted by Gasteiger charge is 2.29. The summed E-state index contributed by atoms with van der Waals surface area (Å²) in [7, 11) is -2.50. The molecular weight excluding hydrogens is 411 g/mol. The van der Waals surface area contributed by atoms with Gasteiger partial charge in [0.15, 0.2) is 0 Å². The van der Waals surface area contributed by atoms with Gasteiger partial charge in [-0.25, -0.2) is 8.42 Å². The molecule has 0 spiro atoms. The second kappa shape index (κ2) is 9.41. The minimum absolute atomic E-state index is 0.0498. The highest BCUT2D eigenvalue weighted by Crippen LogP contribution is 2.32. The number of nitrogens with one attached hydrogen (secondary N) is 1. The van der Waals surface area contributed by atoms with Gasteiger partial charge in [0, 0.05) is 18.2 Å². The normalized spacial score (nSPS) is 12.4. The number of hydrogen-bond donors (Lipinski definition) is 1. The summed E-state index contributed by atoms with van der Waals surface area (Å²) in [5.74, 6) is -0.481. The van der Waals surface area contributed by atoms with Gasteiger partial charge in [0.25, 0.3) is 10.0 Å². The van der Waals surface area contributed by atoms with E-state index in [-0.39, 0.29) is 21.6 Å². The average molecular weight is 431 g/mol. The van der Waals surface area contributed by atoms with Crippen molar-refractivity contribution in [1.82, 2.24) is 5.32 Å². The molecule has 0 saturated heterocycles. The Morgan fingerprint density at radius 1 is 1.19 bits per heavy atom. The quantitative estimate of drug-likeness (QED) is 0.696. The molecule has 1 atom stereocenters. The van der Waals surface area contributed by atoms with E-state index >= 15 is 0 Å². The molecule has 0 heterocycles. The Labute approximate surface area is 169 Å². The molecule has 0 aromatic heterocycles. The lowest BCUT2D eigenvalue weighted by Gasteiger charge is -2.25. The Kier molecular flexibility index (Phi) is 7.49. The van der Waals surface area contributed by atoms with E-state index in [2.05, 4.69) is 5.32 Å². The summed E-state index contributed by atoms with van der Waals surface area (Å²) < 4.78 is 32.2. The van der Waals surface area contributed by atoms with E-state index in [0.717, 1.165) is 4.31 Å². The lowest BCUT2D eigenvalue weighted by Crippen LogP contribution is -2.44. The zero-order chi connectivity index (χ0) is 20.0. The number of carbonyl (C=O) groups is 1. The average Bonchev–Trinajstić information content (AvgIpc) is 2.61. The first-order valence-electron chi connectivity index (χ1n) is 8.07. The number of benzene rings is 2. The Morgan fingerprint density at radius 3 is 2.44 bits per heavy atom. The molecular formula is C18H20Cl2N2O4S. The fourth-order valence-electron chi connectivity index (χ4n) is 2.45. The molecule has 0 aliphatic rings. The molecule has 1 N–H and O–H groups in total.